The second-order valence-corrected chi connectivity index (χ2v) is 22.3. The van der Waals surface area contributed by atoms with E-state index >= 15 is 0 Å². The number of carbonyl (C=O) groups excluding carboxylic acids is 3. The molecule has 0 aromatic carbocycles. The molecule has 0 aliphatic heterocycles. The van der Waals surface area contributed by atoms with Crippen LogP contribution in [0.1, 0.15) is 323 Å². The van der Waals surface area contributed by atoms with E-state index in [0.717, 1.165) is 128 Å². The highest BCUT2D eigenvalue weighted by molar-refractivity contribution is 5.71. The summed E-state index contributed by atoms with van der Waals surface area (Å²) in [6.07, 6.45) is 92.7. The monoisotopic (exact) mass is 1110 g/mol. The molecule has 1 atom stereocenters. The molecule has 0 aromatic heterocycles. The molecule has 0 spiro atoms. The lowest BCUT2D eigenvalue weighted by Crippen LogP contribution is -2.30. The summed E-state index contributed by atoms with van der Waals surface area (Å²) in [7, 11) is 0. The molecule has 0 aliphatic carbocycles. The Morgan fingerprint density at radius 2 is 0.512 bits per heavy atom. The summed E-state index contributed by atoms with van der Waals surface area (Å²) in [5, 5.41) is 0. The molecule has 0 saturated heterocycles. The molecule has 0 amide bonds. The molecule has 0 aliphatic rings. The van der Waals surface area contributed by atoms with Gasteiger partial charge in [-0.1, -0.05) is 291 Å². The van der Waals surface area contributed by atoms with Crippen LogP contribution in [0, 0.1) is 0 Å². The highest BCUT2D eigenvalue weighted by Crippen LogP contribution is 2.17. The first kappa shape index (κ1) is 76.1. The Kier molecular flexibility index (Phi) is 64.3. The van der Waals surface area contributed by atoms with Gasteiger partial charge in [0.1, 0.15) is 13.2 Å². The molecular formula is C74H126O6. The third-order valence-electron chi connectivity index (χ3n) is 14.5. The number of carbonyl (C=O) groups is 3. The predicted octanol–water partition coefficient (Wildman–Crippen LogP) is 23.4. The molecule has 80 heavy (non-hydrogen) atoms. The van der Waals surface area contributed by atoms with E-state index in [0.29, 0.717) is 12.8 Å². The second kappa shape index (κ2) is 67.6. The van der Waals surface area contributed by atoms with E-state index in [1.54, 1.807) is 0 Å². The molecule has 0 saturated carbocycles. The zero-order chi connectivity index (χ0) is 57.8. The van der Waals surface area contributed by atoms with Crippen molar-refractivity contribution in [1.82, 2.24) is 0 Å². The first-order valence-electron chi connectivity index (χ1n) is 33.9. The van der Waals surface area contributed by atoms with Crippen LogP contribution >= 0.6 is 0 Å². The molecule has 0 rings (SSSR count). The average molecular weight is 1110 g/mol. The Balaban J connectivity index is 4.16. The van der Waals surface area contributed by atoms with Crippen molar-refractivity contribution in [2.75, 3.05) is 13.2 Å². The number of hydrogen-bond donors (Lipinski definition) is 0. The largest absolute Gasteiger partial charge is 0.462 e. The second-order valence-electron chi connectivity index (χ2n) is 22.3. The lowest BCUT2D eigenvalue weighted by atomic mass is 10.0. The summed E-state index contributed by atoms with van der Waals surface area (Å²) in [6, 6.07) is 0. The van der Waals surface area contributed by atoms with Crippen molar-refractivity contribution in [3.63, 3.8) is 0 Å². The van der Waals surface area contributed by atoms with Crippen LogP contribution in [0.25, 0.3) is 0 Å². The van der Waals surface area contributed by atoms with E-state index in [4.69, 9.17) is 14.2 Å². The lowest BCUT2D eigenvalue weighted by molar-refractivity contribution is -0.167. The number of ether oxygens (including phenoxy) is 3. The predicted molar refractivity (Wildman–Crippen MR) is 348 cm³/mol. The molecule has 0 radical (unpaired) electrons. The van der Waals surface area contributed by atoms with Crippen LogP contribution in [-0.2, 0) is 28.6 Å². The van der Waals surface area contributed by atoms with Crippen LogP contribution in [0.5, 0.6) is 0 Å². The van der Waals surface area contributed by atoms with E-state index in [9.17, 15) is 14.4 Å². The van der Waals surface area contributed by atoms with Crippen LogP contribution in [0.4, 0.5) is 0 Å². The van der Waals surface area contributed by atoms with E-state index in [1.165, 1.54) is 154 Å². The van der Waals surface area contributed by atoms with E-state index in [1.807, 2.05) is 0 Å². The topological polar surface area (TPSA) is 78.9 Å². The highest BCUT2D eigenvalue weighted by atomic mass is 16.6. The first-order valence-corrected chi connectivity index (χ1v) is 33.9. The maximum atomic E-state index is 12.9. The summed E-state index contributed by atoms with van der Waals surface area (Å²) in [4.78, 5) is 38.2. The van der Waals surface area contributed by atoms with Crippen LogP contribution in [0.2, 0.25) is 0 Å². The third-order valence-corrected chi connectivity index (χ3v) is 14.5. The average Bonchev–Trinajstić information content (AvgIpc) is 3.46. The summed E-state index contributed by atoms with van der Waals surface area (Å²) >= 11 is 0. The number of hydrogen-bond acceptors (Lipinski definition) is 6. The quantitative estimate of drug-likeness (QED) is 0.0261. The van der Waals surface area contributed by atoms with Crippen molar-refractivity contribution in [3.8, 4) is 0 Å². The maximum Gasteiger partial charge on any atom is 0.306 e. The normalized spacial score (nSPS) is 12.8. The van der Waals surface area contributed by atoms with Gasteiger partial charge in [0.05, 0.1) is 0 Å². The molecule has 6 heteroatoms. The van der Waals surface area contributed by atoms with Gasteiger partial charge in [-0.25, -0.2) is 0 Å². The molecule has 6 nitrogen and oxygen atoms in total. The number of rotatable bonds is 61. The van der Waals surface area contributed by atoms with Gasteiger partial charge in [0.15, 0.2) is 6.10 Å². The molecule has 0 heterocycles. The minimum atomic E-state index is -0.800. The highest BCUT2D eigenvalue weighted by Gasteiger charge is 2.19. The lowest BCUT2D eigenvalue weighted by Gasteiger charge is -2.18. The molecule has 0 N–H and O–H groups in total. The molecule has 458 valence electrons. The van der Waals surface area contributed by atoms with Crippen LogP contribution in [0.15, 0.2) is 109 Å². The molecule has 0 aromatic rings. The Morgan fingerprint density at radius 3 is 0.838 bits per heavy atom. The minimum absolute atomic E-state index is 0.0931. The van der Waals surface area contributed by atoms with E-state index in [-0.39, 0.29) is 37.5 Å². The zero-order valence-electron chi connectivity index (χ0n) is 52.6. The van der Waals surface area contributed by atoms with Gasteiger partial charge in [0.25, 0.3) is 0 Å². The third kappa shape index (κ3) is 64.9. The van der Waals surface area contributed by atoms with Crippen molar-refractivity contribution < 1.29 is 28.6 Å². The van der Waals surface area contributed by atoms with Gasteiger partial charge in [-0.3, -0.25) is 14.4 Å². The molecular weight excluding hydrogens is 985 g/mol. The van der Waals surface area contributed by atoms with E-state index in [2.05, 4.69) is 130 Å². The van der Waals surface area contributed by atoms with Crippen LogP contribution < -0.4 is 0 Å². The maximum absolute atomic E-state index is 12.9. The zero-order valence-corrected chi connectivity index (χ0v) is 52.6. The summed E-state index contributed by atoms with van der Waals surface area (Å²) in [6.45, 7) is 6.44. The van der Waals surface area contributed by atoms with Gasteiger partial charge < -0.3 is 14.2 Å². The number of allylic oxidation sites excluding steroid dienone is 18. The Morgan fingerprint density at radius 1 is 0.263 bits per heavy atom. The van der Waals surface area contributed by atoms with E-state index < -0.39 is 6.10 Å². The SMILES string of the molecule is CC/C=C\C/C=C\C/C=C\C/C=C\C/C=C\CCCCCC(=O)OC(COC(=O)CCCCCCC/C=C\CCC)COC(=O)CCCCCCCCCCCCCCCCCCCC/C=C\C/C=C\C/C=C\CCCCCCC. The van der Waals surface area contributed by atoms with Crippen molar-refractivity contribution in [3.05, 3.63) is 109 Å². The fraction of sp³-hybridized carbons (Fsp3) is 0.716. The smallest absolute Gasteiger partial charge is 0.306 e. The van der Waals surface area contributed by atoms with Gasteiger partial charge in [0.2, 0.25) is 0 Å². The van der Waals surface area contributed by atoms with Crippen LogP contribution in [-0.4, -0.2) is 37.2 Å². The van der Waals surface area contributed by atoms with Crippen molar-refractivity contribution in [2.24, 2.45) is 0 Å². The summed E-state index contributed by atoms with van der Waals surface area (Å²) < 4.78 is 16.9. The van der Waals surface area contributed by atoms with Gasteiger partial charge in [0, 0.05) is 19.3 Å². The standard InChI is InChI=1S/C74H126O6/c1-4-7-10-13-16-19-22-24-26-28-30-31-32-33-34-35-36-37-38-39-40-41-42-43-45-46-48-50-52-55-58-61-64-67-73(76)79-70-71(69-78-72(75)66-63-60-57-54-21-18-15-12-9-6-3)80-74(77)68-65-62-59-56-53-51-49-47-44-29-27-25-23-20-17-14-11-8-5-2/h8,11-12,15,17,20,22,24-25,27-28,30,32-33,44,47,51,53,71H,4-7,9-10,13-14,16,18-19,21,23,26,29,31,34-43,45-46,48-50,52,54-70H2,1-3H3/b11-8-,15-12-,20-17-,24-22-,27-25-,30-28-,33-32-,47-44-,53-51-. The fourth-order valence-electron chi connectivity index (χ4n) is 9.42. The van der Waals surface area contributed by atoms with Gasteiger partial charge in [-0.15, -0.1) is 0 Å². The summed E-state index contributed by atoms with van der Waals surface area (Å²) in [5.74, 6) is -0.929. The molecule has 0 fully saturated rings. The summed E-state index contributed by atoms with van der Waals surface area (Å²) in [5.41, 5.74) is 0. The Bertz CT molecular complexity index is 1610. The van der Waals surface area contributed by atoms with Gasteiger partial charge >= 0.3 is 17.9 Å². The Labute approximate surface area is 495 Å². The van der Waals surface area contributed by atoms with Crippen molar-refractivity contribution >= 4 is 17.9 Å². The Hall–Kier alpha value is -3.93. The van der Waals surface area contributed by atoms with Gasteiger partial charge in [-0.2, -0.15) is 0 Å². The number of esters is 3. The number of unbranched alkanes of at least 4 members (excludes halogenated alkanes) is 32. The fourth-order valence-corrected chi connectivity index (χ4v) is 9.42. The van der Waals surface area contributed by atoms with Crippen molar-refractivity contribution in [2.45, 2.75) is 329 Å². The molecule has 1 unspecified atom stereocenters. The molecule has 0 bridgehead atoms. The van der Waals surface area contributed by atoms with Crippen LogP contribution in [0.3, 0.4) is 0 Å². The van der Waals surface area contributed by atoms with Crippen molar-refractivity contribution in [1.29, 1.82) is 0 Å². The van der Waals surface area contributed by atoms with Gasteiger partial charge in [-0.05, 0) is 122 Å². The first-order chi connectivity index (χ1) is 39.5. The minimum Gasteiger partial charge on any atom is -0.462 e.